The van der Waals surface area contributed by atoms with Crippen LogP contribution in [0.5, 0.6) is 0 Å². The lowest BCUT2D eigenvalue weighted by Crippen LogP contribution is -2.44. The predicted octanol–water partition coefficient (Wildman–Crippen LogP) is -0.174. The molecule has 0 bridgehead atoms. The standard InChI is InChI=1S/C10H16N2O/c1-10(13)4-3-5-12-8-6-11(2)7-9-12/h5-9H2,1-2H3. The van der Waals surface area contributed by atoms with Crippen molar-refractivity contribution in [2.24, 2.45) is 0 Å². The molecule has 0 amide bonds. The monoisotopic (exact) mass is 180 g/mol. The van der Waals surface area contributed by atoms with Gasteiger partial charge in [0.2, 0.25) is 5.78 Å². The molecular weight excluding hydrogens is 164 g/mol. The van der Waals surface area contributed by atoms with Crippen LogP contribution in [-0.4, -0.2) is 55.4 Å². The first-order chi connectivity index (χ1) is 6.18. The largest absolute Gasteiger partial charge is 0.304 e. The molecular formula is C10H16N2O. The third-order valence-corrected chi connectivity index (χ3v) is 2.16. The molecule has 3 heteroatoms. The summed E-state index contributed by atoms with van der Waals surface area (Å²) < 4.78 is 0. The normalized spacial score (nSPS) is 19.2. The Hall–Kier alpha value is -0.850. The van der Waals surface area contributed by atoms with E-state index < -0.39 is 0 Å². The van der Waals surface area contributed by atoms with Gasteiger partial charge in [-0.2, -0.15) is 0 Å². The van der Waals surface area contributed by atoms with Crippen molar-refractivity contribution in [1.82, 2.24) is 9.80 Å². The Kier molecular flexibility index (Phi) is 3.94. The molecule has 1 saturated heterocycles. The summed E-state index contributed by atoms with van der Waals surface area (Å²) in [5.74, 6) is 5.39. The minimum Gasteiger partial charge on any atom is -0.304 e. The van der Waals surface area contributed by atoms with E-state index in [4.69, 9.17) is 0 Å². The molecule has 0 aromatic rings. The first-order valence-corrected chi connectivity index (χ1v) is 4.59. The van der Waals surface area contributed by atoms with E-state index in [0.29, 0.717) is 0 Å². The lowest BCUT2D eigenvalue weighted by molar-refractivity contribution is -0.111. The number of hydrogen-bond acceptors (Lipinski definition) is 3. The maximum absolute atomic E-state index is 10.5. The first-order valence-electron chi connectivity index (χ1n) is 4.59. The highest BCUT2D eigenvalue weighted by Crippen LogP contribution is 1.96. The third kappa shape index (κ3) is 4.07. The molecule has 0 unspecified atom stereocenters. The summed E-state index contributed by atoms with van der Waals surface area (Å²) >= 11 is 0. The van der Waals surface area contributed by atoms with Crippen molar-refractivity contribution >= 4 is 5.78 Å². The smallest absolute Gasteiger partial charge is 0.202 e. The van der Waals surface area contributed by atoms with Crippen LogP contribution < -0.4 is 0 Å². The highest BCUT2D eigenvalue weighted by molar-refractivity contribution is 5.93. The Morgan fingerprint density at radius 1 is 1.31 bits per heavy atom. The quantitative estimate of drug-likeness (QED) is 0.413. The maximum atomic E-state index is 10.5. The van der Waals surface area contributed by atoms with Gasteiger partial charge in [0.05, 0.1) is 6.54 Å². The Bertz CT molecular complexity index is 231. The summed E-state index contributed by atoms with van der Waals surface area (Å²) in [6, 6.07) is 0. The number of Topliss-reactive ketones (excluding diaryl/α,β-unsaturated/α-hetero) is 1. The van der Waals surface area contributed by atoms with E-state index in [1.165, 1.54) is 6.92 Å². The highest BCUT2D eigenvalue weighted by Gasteiger charge is 2.11. The molecule has 0 saturated carbocycles. The Balaban J connectivity index is 2.24. The topological polar surface area (TPSA) is 23.6 Å². The van der Waals surface area contributed by atoms with Crippen molar-refractivity contribution in [3.05, 3.63) is 0 Å². The summed E-state index contributed by atoms with van der Waals surface area (Å²) in [5, 5.41) is 0. The van der Waals surface area contributed by atoms with E-state index in [1.54, 1.807) is 0 Å². The fourth-order valence-corrected chi connectivity index (χ4v) is 1.28. The second-order valence-electron chi connectivity index (χ2n) is 3.44. The molecule has 0 N–H and O–H groups in total. The van der Waals surface area contributed by atoms with E-state index >= 15 is 0 Å². The van der Waals surface area contributed by atoms with E-state index in [2.05, 4.69) is 28.7 Å². The van der Waals surface area contributed by atoms with Crippen LogP contribution in [0.25, 0.3) is 0 Å². The molecule has 13 heavy (non-hydrogen) atoms. The van der Waals surface area contributed by atoms with E-state index in [1.807, 2.05) is 0 Å². The van der Waals surface area contributed by atoms with Gasteiger partial charge in [-0.15, -0.1) is 0 Å². The summed E-state index contributed by atoms with van der Waals surface area (Å²) in [6.45, 7) is 6.54. The van der Waals surface area contributed by atoms with Crippen LogP contribution in [0, 0.1) is 11.8 Å². The van der Waals surface area contributed by atoms with Crippen molar-refractivity contribution in [3.63, 3.8) is 0 Å². The van der Waals surface area contributed by atoms with Crippen molar-refractivity contribution in [1.29, 1.82) is 0 Å². The highest BCUT2D eigenvalue weighted by atomic mass is 16.1. The first kappa shape index (κ1) is 10.2. The van der Waals surface area contributed by atoms with Gasteiger partial charge in [0.25, 0.3) is 0 Å². The predicted molar refractivity (Wildman–Crippen MR) is 52.4 cm³/mol. The van der Waals surface area contributed by atoms with Gasteiger partial charge in [0.15, 0.2) is 0 Å². The fraction of sp³-hybridized carbons (Fsp3) is 0.700. The summed E-state index contributed by atoms with van der Waals surface area (Å²) in [5.41, 5.74) is 0. The second kappa shape index (κ2) is 5.00. The average Bonchev–Trinajstić information content (AvgIpc) is 2.08. The van der Waals surface area contributed by atoms with Gasteiger partial charge in [-0.1, -0.05) is 5.92 Å². The van der Waals surface area contributed by atoms with Crippen LogP contribution in [-0.2, 0) is 4.79 Å². The van der Waals surface area contributed by atoms with Gasteiger partial charge >= 0.3 is 0 Å². The van der Waals surface area contributed by atoms with Crippen LogP contribution in [0.3, 0.4) is 0 Å². The van der Waals surface area contributed by atoms with Gasteiger partial charge in [0, 0.05) is 33.1 Å². The van der Waals surface area contributed by atoms with Crippen molar-refractivity contribution in [2.45, 2.75) is 6.92 Å². The zero-order chi connectivity index (χ0) is 9.68. The lowest BCUT2D eigenvalue weighted by atomic mass is 10.3. The van der Waals surface area contributed by atoms with Gasteiger partial charge in [-0.25, -0.2) is 0 Å². The summed E-state index contributed by atoms with van der Waals surface area (Å²) in [6.07, 6.45) is 0. The molecule has 1 fully saturated rings. The van der Waals surface area contributed by atoms with Gasteiger partial charge in [-0.3, -0.25) is 9.69 Å². The van der Waals surface area contributed by atoms with Crippen molar-refractivity contribution < 1.29 is 4.79 Å². The molecule has 1 aliphatic heterocycles. The van der Waals surface area contributed by atoms with Crippen molar-refractivity contribution in [2.75, 3.05) is 39.8 Å². The number of likely N-dealkylation sites (N-methyl/N-ethyl adjacent to an activating group) is 1. The molecule has 0 radical (unpaired) electrons. The Labute approximate surface area is 79.7 Å². The fourth-order valence-electron chi connectivity index (χ4n) is 1.28. The zero-order valence-corrected chi connectivity index (χ0v) is 8.34. The van der Waals surface area contributed by atoms with Gasteiger partial charge in [-0.05, 0) is 13.0 Å². The molecule has 1 aliphatic rings. The van der Waals surface area contributed by atoms with Crippen LogP contribution in [0.1, 0.15) is 6.92 Å². The van der Waals surface area contributed by atoms with E-state index in [-0.39, 0.29) is 5.78 Å². The molecule has 1 rings (SSSR count). The van der Waals surface area contributed by atoms with Crippen LogP contribution in [0.2, 0.25) is 0 Å². The minimum atomic E-state index is -0.0471. The SMILES string of the molecule is CC(=O)C#CCN1CCN(C)CC1. The zero-order valence-electron chi connectivity index (χ0n) is 8.34. The van der Waals surface area contributed by atoms with Crippen LogP contribution >= 0.6 is 0 Å². The minimum absolute atomic E-state index is 0.0471. The van der Waals surface area contributed by atoms with Crippen LogP contribution in [0.15, 0.2) is 0 Å². The van der Waals surface area contributed by atoms with E-state index in [0.717, 1.165) is 32.7 Å². The molecule has 0 aromatic heterocycles. The van der Waals surface area contributed by atoms with E-state index in [9.17, 15) is 4.79 Å². The molecule has 0 aliphatic carbocycles. The number of ketones is 1. The van der Waals surface area contributed by atoms with Gasteiger partial charge < -0.3 is 4.90 Å². The second-order valence-corrected chi connectivity index (χ2v) is 3.44. The van der Waals surface area contributed by atoms with Crippen molar-refractivity contribution in [3.8, 4) is 11.8 Å². The lowest BCUT2D eigenvalue weighted by Gasteiger charge is -2.30. The number of hydrogen-bond donors (Lipinski definition) is 0. The third-order valence-electron chi connectivity index (χ3n) is 2.16. The number of rotatable bonds is 1. The molecule has 1 heterocycles. The number of carbonyl (C=O) groups excluding carboxylic acids is 1. The molecule has 0 aromatic carbocycles. The molecule has 0 spiro atoms. The van der Waals surface area contributed by atoms with Crippen LogP contribution in [0.4, 0.5) is 0 Å². The maximum Gasteiger partial charge on any atom is 0.202 e. The summed E-state index contributed by atoms with van der Waals surface area (Å²) in [4.78, 5) is 15.1. The molecule has 3 nitrogen and oxygen atoms in total. The number of carbonyl (C=O) groups is 1. The average molecular weight is 180 g/mol. The Morgan fingerprint density at radius 3 is 2.46 bits per heavy atom. The summed E-state index contributed by atoms with van der Waals surface area (Å²) in [7, 11) is 2.12. The Morgan fingerprint density at radius 2 is 1.92 bits per heavy atom. The number of piperazine rings is 1. The van der Waals surface area contributed by atoms with Gasteiger partial charge in [0.1, 0.15) is 0 Å². The molecule has 72 valence electrons. The molecule has 0 atom stereocenters. The number of nitrogens with zero attached hydrogens (tertiary/aromatic N) is 2.